The summed E-state index contributed by atoms with van der Waals surface area (Å²) in [7, 11) is 0. The van der Waals surface area contributed by atoms with Crippen molar-refractivity contribution in [1.29, 1.82) is 0 Å². The van der Waals surface area contributed by atoms with E-state index in [0.717, 1.165) is 15.2 Å². The number of hydrazone groups is 1. The molecule has 0 saturated carbocycles. The molecule has 1 heterocycles. The molecule has 7 heteroatoms. The van der Waals surface area contributed by atoms with Gasteiger partial charge in [-0.25, -0.2) is 5.43 Å². The molecule has 0 unspecified atom stereocenters. The van der Waals surface area contributed by atoms with Gasteiger partial charge >= 0.3 is 0 Å². The summed E-state index contributed by atoms with van der Waals surface area (Å²) in [4.78, 5) is 12.1. The van der Waals surface area contributed by atoms with Crippen LogP contribution in [0.4, 0.5) is 0 Å². The minimum Gasteiger partial charge on any atom is -0.507 e. The number of carbonyl (C=O) groups excluding carboxylic acids is 1. The molecule has 1 amide bonds. The van der Waals surface area contributed by atoms with Crippen LogP contribution in [0.1, 0.15) is 16.1 Å². The van der Waals surface area contributed by atoms with Crippen molar-refractivity contribution >= 4 is 54.8 Å². The number of furan rings is 1. The van der Waals surface area contributed by atoms with Crippen molar-refractivity contribution in [2.45, 2.75) is 0 Å². The van der Waals surface area contributed by atoms with Crippen LogP contribution in [0.15, 0.2) is 61.1 Å². The zero-order valence-electron chi connectivity index (χ0n) is 11.6. The summed E-state index contributed by atoms with van der Waals surface area (Å²) in [5.74, 6) is -0.138. The molecule has 0 spiro atoms. The molecule has 0 aliphatic rings. The lowest BCUT2D eigenvalue weighted by Gasteiger charge is -2.05. The number of rotatable bonds is 3. The van der Waals surface area contributed by atoms with Gasteiger partial charge in [0.05, 0.1) is 16.3 Å². The Bertz CT molecular complexity index is 899. The molecule has 116 valence electrons. The molecular formula is C16H10Br2N2O3. The molecule has 0 fully saturated rings. The third-order valence-electron chi connectivity index (χ3n) is 3.13. The highest BCUT2D eigenvalue weighted by Gasteiger charge is 2.12. The van der Waals surface area contributed by atoms with Gasteiger partial charge in [-0.15, -0.1) is 0 Å². The van der Waals surface area contributed by atoms with Crippen LogP contribution in [-0.2, 0) is 0 Å². The molecule has 2 N–H and O–H groups in total. The lowest BCUT2D eigenvalue weighted by atomic mass is 10.1. The Balaban J connectivity index is 1.79. The summed E-state index contributed by atoms with van der Waals surface area (Å²) in [6.45, 7) is 0. The second kappa shape index (κ2) is 6.55. The van der Waals surface area contributed by atoms with E-state index in [4.69, 9.17) is 4.42 Å². The Kier molecular flexibility index (Phi) is 4.49. The van der Waals surface area contributed by atoms with Crippen LogP contribution in [0.5, 0.6) is 5.75 Å². The first-order valence-electron chi connectivity index (χ1n) is 6.54. The number of benzene rings is 2. The van der Waals surface area contributed by atoms with E-state index in [0.29, 0.717) is 10.4 Å². The van der Waals surface area contributed by atoms with E-state index in [1.165, 1.54) is 6.21 Å². The van der Waals surface area contributed by atoms with E-state index in [-0.39, 0.29) is 11.3 Å². The molecule has 0 bridgehead atoms. The summed E-state index contributed by atoms with van der Waals surface area (Å²) < 4.78 is 6.59. The van der Waals surface area contributed by atoms with Crippen LogP contribution in [0.2, 0.25) is 0 Å². The van der Waals surface area contributed by atoms with Crippen LogP contribution in [0, 0.1) is 0 Å². The van der Waals surface area contributed by atoms with Crippen LogP contribution >= 0.6 is 31.9 Å². The summed E-state index contributed by atoms with van der Waals surface area (Å²) in [5.41, 5.74) is 2.52. The average Bonchev–Trinajstić information content (AvgIpc) is 2.84. The first-order valence-corrected chi connectivity index (χ1v) is 8.13. The monoisotopic (exact) mass is 436 g/mol. The van der Waals surface area contributed by atoms with Gasteiger partial charge < -0.3 is 9.52 Å². The molecule has 23 heavy (non-hydrogen) atoms. The standard InChI is InChI=1S/C16H10Br2N2O3/c17-13-7-11(23-15(13)18)8-19-20-16(22)12-5-9-3-1-2-4-10(9)6-14(12)21/h1-8,21H,(H,20,22)/b19-8+. The quantitative estimate of drug-likeness (QED) is 0.470. The van der Waals surface area contributed by atoms with E-state index < -0.39 is 5.91 Å². The number of halogens is 2. The molecule has 2 aromatic carbocycles. The lowest BCUT2D eigenvalue weighted by molar-refractivity contribution is 0.0952. The first kappa shape index (κ1) is 15.8. The third-order valence-corrected chi connectivity index (χ3v) is 4.84. The second-order valence-corrected chi connectivity index (χ2v) is 6.26. The van der Waals surface area contributed by atoms with Gasteiger partial charge in [0.2, 0.25) is 0 Å². The maximum Gasteiger partial charge on any atom is 0.275 e. The maximum absolute atomic E-state index is 12.1. The number of hydrogen-bond donors (Lipinski definition) is 2. The van der Waals surface area contributed by atoms with Crippen molar-refractivity contribution in [2.75, 3.05) is 0 Å². The maximum atomic E-state index is 12.1. The van der Waals surface area contributed by atoms with Gasteiger partial charge in [0.15, 0.2) is 4.67 Å². The van der Waals surface area contributed by atoms with Crippen molar-refractivity contribution in [3.63, 3.8) is 0 Å². The topological polar surface area (TPSA) is 74.8 Å². The number of aromatic hydroxyl groups is 1. The molecule has 0 radical (unpaired) electrons. The molecule has 3 aromatic rings. The van der Waals surface area contributed by atoms with E-state index in [9.17, 15) is 9.90 Å². The molecule has 0 saturated heterocycles. The average molecular weight is 438 g/mol. The zero-order chi connectivity index (χ0) is 16.4. The van der Waals surface area contributed by atoms with E-state index in [1.54, 1.807) is 18.2 Å². The first-order chi connectivity index (χ1) is 11.0. The number of nitrogens with zero attached hydrogens (tertiary/aromatic N) is 1. The minimum absolute atomic E-state index is 0.0973. The van der Waals surface area contributed by atoms with Gasteiger partial charge in [-0.05, 0) is 54.8 Å². The summed E-state index contributed by atoms with van der Waals surface area (Å²) in [5, 5.41) is 15.5. The Labute approximate surface area is 148 Å². The number of amides is 1. The van der Waals surface area contributed by atoms with Crippen LogP contribution in [0.3, 0.4) is 0 Å². The Morgan fingerprint density at radius 1 is 1.17 bits per heavy atom. The van der Waals surface area contributed by atoms with E-state index >= 15 is 0 Å². The van der Waals surface area contributed by atoms with Crippen molar-refractivity contribution in [3.8, 4) is 5.75 Å². The highest BCUT2D eigenvalue weighted by molar-refractivity contribution is 9.13. The van der Waals surface area contributed by atoms with Gasteiger partial charge in [0, 0.05) is 6.07 Å². The number of carbonyl (C=O) groups is 1. The lowest BCUT2D eigenvalue weighted by Crippen LogP contribution is -2.17. The predicted molar refractivity (Wildman–Crippen MR) is 94.8 cm³/mol. The van der Waals surface area contributed by atoms with Gasteiger partial charge in [-0.3, -0.25) is 4.79 Å². The second-order valence-electron chi connectivity index (χ2n) is 4.69. The molecular weight excluding hydrogens is 428 g/mol. The zero-order valence-corrected chi connectivity index (χ0v) is 14.8. The van der Waals surface area contributed by atoms with E-state index in [2.05, 4.69) is 42.4 Å². The van der Waals surface area contributed by atoms with Crippen LogP contribution in [-0.4, -0.2) is 17.2 Å². The molecule has 5 nitrogen and oxygen atoms in total. The van der Waals surface area contributed by atoms with Crippen molar-refractivity contribution in [3.05, 3.63) is 62.9 Å². The fraction of sp³-hybridized carbons (Fsp3) is 0. The summed E-state index contributed by atoms with van der Waals surface area (Å²) >= 11 is 6.49. The number of phenols is 1. The highest BCUT2D eigenvalue weighted by Crippen LogP contribution is 2.26. The molecule has 0 atom stereocenters. The number of phenolic OH excluding ortho intramolecular Hbond substituents is 1. The fourth-order valence-electron chi connectivity index (χ4n) is 2.05. The van der Waals surface area contributed by atoms with Gasteiger partial charge in [-0.1, -0.05) is 24.3 Å². The van der Waals surface area contributed by atoms with Gasteiger partial charge in [0.1, 0.15) is 11.5 Å². The number of nitrogens with one attached hydrogen (secondary N) is 1. The normalized spacial score (nSPS) is 11.2. The Morgan fingerprint density at radius 3 is 2.52 bits per heavy atom. The van der Waals surface area contributed by atoms with Crippen molar-refractivity contribution in [2.24, 2.45) is 5.10 Å². The number of hydrogen-bond acceptors (Lipinski definition) is 4. The Morgan fingerprint density at radius 2 is 1.87 bits per heavy atom. The fourth-order valence-corrected chi connectivity index (χ4v) is 2.66. The van der Waals surface area contributed by atoms with Crippen molar-refractivity contribution < 1.29 is 14.3 Å². The third kappa shape index (κ3) is 3.46. The SMILES string of the molecule is O=C(N/N=C/c1cc(Br)c(Br)o1)c1cc2ccccc2cc1O. The predicted octanol–water partition coefficient (Wildman–Crippen LogP) is 4.43. The highest BCUT2D eigenvalue weighted by atomic mass is 79.9. The van der Waals surface area contributed by atoms with Gasteiger partial charge in [0.25, 0.3) is 5.91 Å². The molecule has 3 rings (SSSR count). The molecule has 0 aliphatic carbocycles. The number of fused-ring (bicyclic) bond motifs is 1. The Hall–Kier alpha value is -2.12. The molecule has 1 aromatic heterocycles. The van der Waals surface area contributed by atoms with Crippen molar-refractivity contribution in [1.82, 2.24) is 5.43 Å². The minimum atomic E-state index is -0.505. The van der Waals surface area contributed by atoms with E-state index in [1.807, 2.05) is 24.3 Å². The smallest absolute Gasteiger partial charge is 0.275 e. The molecule has 0 aliphatic heterocycles. The van der Waals surface area contributed by atoms with Gasteiger partial charge in [-0.2, -0.15) is 5.10 Å². The summed E-state index contributed by atoms with van der Waals surface area (Å²) in [6.07, 6.45) is 1.37. The van der Waals surface area contributed by atoms with Crippen LogP contribution < -0.4 is 5.43 Å². The largest absolute Gasteiger partial charge is 0.507 e. The van der Waals surface area contributed by atoms with Crippen LogP contribution in [0.25, 0.3) is 10.8 Å². The summed E-state index contributed by atoms with van der Waals surface area (Å²) in [6, 6.07) is 12.3.